The average Bonchev–Trinajstić information content (AvgIpc) is 3.34. The predicted octanol–water partition coefficient (Wildman–Crippen LogP) is 2.28. The molecule has 27 heavy (non-hydrogen) atoms. The summed E-state index contributed by atoms with van der Waals surface area (Å²) in [6, 6.07) is 8.31. The maximum atomic E-state index is 11.7. The van der Waals surface area contributed by atoms with Crippen LogP contribution < -0.4 is 9.47 Å². The highest BCUT2D eigenvalue weighted by Gasteiger charge is 2.15. The third-order valence-corrected chi connectivity index (χ3v) is 3.60. The third kappa shape index (κ3) is 4.57. The van der Waals surface area contributed by atoms with E-state index >= 15 is 0 Å². The van der Waals surface area contributed by atoms with E-state index in [0.717, 1.165) is 5.56 Å². The molecule has 9 heteroatoms. The molecule has 2 aromatic rings. The topological polar surface area (TPSA) is 106 Å². The first-order valence-electron chi connectivity index (χ1n) is 7.96. The van der Waals surface area contributed by atoms with Gasteiger partial charge in [-0.05, 0) is 37.3 Å². The first kappa shape index (κ1) is 18.3. The summed E-state index contributed by atoms with van der Waals surface area (Å²) in [7, 11) is 1.24. The fourth-order valence-electron chi connectivity index (χ4n) is 2.22. The Kier molecular flexibility index (Phi) is 5.60. The Balaban J connectivity index is 1.45. The zero-order valence-electron chi connectivity index (χ0n) is 14.7. The zero-order chi connectivity index (χ0) is 19.2. The summed E-state index contributed by atoms with van der Waals surface area (Å²) in [4.78, 5) is 28.0. The largest absolute Gasteiger partial charge is 0.463 e. The van der Waals surface area contributed by atoms with Crippen LogP contribution in [0, 0.1) is 0 Å². The van der Waals surface area contributed by atoms with Gasteiger partial charge in [0.25, 0.3) is 0 Å². The van der Waals surface area contributed by atoms with E-state index < -0.39 is 11.9 Å². The number of esters is 2. The van der Waals surface area contributed by atoms with Crippen molar-refractivity contribution in [1.82, 2.24) is 0 Å². The molecule has 0 N–H and O–H groups in total. The molecule has 0 atom stereocenters. The van der Waals surface area contributed by atoms with Gasteiger partial charge in [0.05, 0.1) is 12.8 Å². The first-order chi connectivity index (χ1) is 13.1. The Hall–Kier alpha value is -3.49. The lowest BCUT2D eigenvalue weighted by atomic mass is 10.1. The summed E-state index contributed by atoms with van der Waals surface area (Å²) >= 11 is 0. The van der Waals surface area contributed by atoms with E-state index in [1.807, 2.05) is 6.07 Å². The number of benzene rings is 1. The molecule has 0 spiro atoms. The monoisotopic (exact) mass is 375 g/mol. The van der Waals surface area contributed by atoms with E-state index in [1.54, 1.807) is 19.1 Å². The average molecular weight is 375 g/mol. The molecular weight excluding hydrogens is 358 g/mol. The minimum atomic E-state index is -0.631. The first-order valence-corrected chi connectivity index (χ1v) is 7.96. The molecule has 0 saturated carbocycles. The summed E-state index contributed by atoms with van der Waals surface area (Å²) in [6.07, 6.45) is 0. The molecule has 0 unspecified atom stereocenters. The summed E-state index contributed by atoms with van der Waals surface area (Å²) in [5.74, 6) is 0.403. The van der Waals surface area contributed by atoms with Crippen molar-refractivity contribution in [2.45, 2.75) is 13.5 Å². The van der Waals surface area contributed by atoms with Crippen molar-refractivity contribution >= 4 is 17.7 Å². The molecule has 9 nitrogen and oxygen atoms in total. The Morgan fingerprint density at radius 2 is 1.96 bits per heavy atom. The summed E-state index contributed by atoms with van der Waals surface area (Å²) in [5.41, 5.74) is 1.34. The number of methoxy groups -OCH3 is 1. The van der Waals surface area contributed by atoms with Gasteiger partial charge in [-0.1, -0.05) is 5.16 Å². The number of fused-ring (bicyclic) bond motifs is 1. The maximum Gasteiger partial charge on any atom is 0.373 e. The number of nitrogens with zero attached hydrogens (tertiary/aromatic N) is 1. The van der Waals surface area contributed by atoms with E-state index in [-0.39, 0.29) is 25.8 Å². The highest BCUT2D eigenvalue weighted by molar-refractivity contribution is 5.99. The Labute approximate surface area is 154 Å². The number of furan rings is 1. The van der Waals surface area contributed by atoms with Crippen LogP contribution in [0.5, 0.6) is 11.5 Å². The third-order valence-electron chi connectivity index (χ3n) is 3.60. The maximum absolute atomic E-state index is 11.7. The van der Waals surface area contributed by atoms with Crippen LogP contribution in [0.2, 0.25) is 0 Å². The van der Waals surface area contributed by atoms with Gasteiger partial charge in [-0.2, -0.15) is 0 Å². The van der Waals surface area contributed by atoms with Gasteiger partial charge < -0.3 is 28.2 Å². The minimum absolute atomic E-state index is 0.0312. The SMILES string of the molecule is COC(=O)c1ccc(COC(=O)CO/N=C(/C)c2ccc3c(c2)OCO3)o1. The van der Waals surface area contributed by atoms with Crippen molar-refractivity contribution < 1.29 is 37.8 Å². The normalized spacial score (nSPS) is 12.6. The van der Waals surface area contributed by atoms with E-state index in [0.29, 0.717) is 23.0 Å². The van der Waals surface area contributed by atoms with Crippen molar-refractivity contribution in [3.63, 3.8) is 0 Å². The highest BCUT2D eigenvalue weighted by Crippen LogP contribution is 2.32. The van der Waals surface area contributed by atoms with Gasteiger partial charge in [0.2, 0.25) is 19.2 Å². The highest BCUT2D eigenvalue weighted by atomic mass is 16.7. The van der Waals surface area contributed by atoms with Crippen LogP contribution in [-0.4, -0.2) is 38.2 Å². The molecule has 0 fully saturated rings. The molecule has 3 rings (SSSR count). The zero-order valence-corrected chi connectivity index (χ0v) is 14.7. The minimum Gasteiger partial charge on any atom is -0.463 e. The van der Waals surface area contributed by atoms with Crippen molar-refractivity contribution in [2.75, 3.05) is 20.5 Å². The van der Waals surface area contributed by atoms with Gasteiger partial charge in [0.1, 0.15) is 12.4 Å². The smallest absolute Gasteiger partial charge is 0.373 e. The Morgan fingerprint density at radius 3 is 2.78 bits per heavy atom. The molecular formula is C18H17NO8. The van der Waals surface area contributed by atoms with E-state index in [4.69, 9.17) is 23.5 Å². The Morgan fingerprint density at radius 1 is 1.15 bits per heavy atom. The molecule has 0 bridgehead atoms. The number of ether oxygens (including phenoxy) is 4. The molecule has 0 aliphatic carbocycles. The molecule has 0 amide bonds. The quantitative estimate of drug-likeness (QED) is 0.412. The van der Waals surface area contributed by atoms with Crippen LogP contribution >= 0.6 is 0 Å². The van der Waals surface area contributed by atoms with E-state index in [9.17, 15) is 9.59 Å². The van der Waals surface area contributed by atoms with E-state index in [1.165, 1.54) is 19.2 Å². The van der Waals surface area contributed by atoms with Crippen LogP contribution in [0.15, 0.2) is 39.9 Å². The second-order valence-corrected chi connectivity index (χ2v) is 5.44. The second kappa shape index (κ2) is 8.26. The predicted molar refractivity (Wildman–Crippen MR) is 90.6 cm³/mol. The summed E-state index contributed by atoms with van der Waals surface area (Å²) < 4.78 is 25.2. The molecule has 1 aromatic heterocycles. The van der Waals surface area contributed by atoms with Gasteiger partial charge in [-0.25, -0.2) is 9.59 Å². The molecule has 0 radical (unpaired) electrons. The van der Waals surface area contributed by atoms with Gasteiger partial charge in [-0.3, -0.25) is 0 Å². The van der Waals surface area contributed by atoms with Gasteiger partial charge >= 0.3 is 11.9 Å². The van der Waals surface area contributed by atoms with Crippen molar-refractivity contribution in [3.8, 4) is 11.5 Å². The lowest BCUT2D eigenvalue weighted by molar-refractivity contribution is -0.150. The second-order valence-electron chi connectivity index (χ2n) is 5.44. The number of hydrogen-bond donors (Lipinski definition) is 0. The number of hydrogen-bond acceptors (Lipinski definition) is 9. The molecule has 1 aliphatic heterocycles. The summed E-state index contributed by atoms with van der Waals surface area (Å²) in [5, 5.41) is 3.89. The van der Waals surface area contributed by atoms with Crippen LogP contribution in [0.4, 0.5) is 0 Å². The van der Waals surface area contributed by atoms with Crippen molar-refractivity contribution in [1.29, 1.82) is 0 Å². The number of rotatable bonds is 7. The number of carbonyl (C=O) groups excluding carboxylic acids is 2. The Bertz CT molecular complexity index is 870. The summed E-state index contributed by atoms with van der Waals surface area (Å²) in [6.45, 7) is 1.42. The molecule has 0 saturated heterocycles. The lowest BCUT2D eigenvalue weighted by Crippen LogP contribution is -2.11. The fraction of sp³-hybridized carbons (Fsp3) is 0.278. The molecule has 142 valence electrons. The van der Waals surface area contributed by atoms with Gasteiger partial charge in [0, 0.05) is 5.56 Å². The fourth-order valence-corrected chi connectivity index (χ4v) is 2.22. The van der Waals surface area contributed by atoms with Gasteiger partial charge in [-0.15, -0.1) is 0 Å². The van der Waals surface area contributed by atoms with Crippen molar-refractivity contribution in [2.24, 2.45) is 5.16 Å². The molecule has 1 aliphatic rings. The van der Waals surface area contributed by atoms with Crippen LogP contribution in [0.3, 0.4) is 0 Å². The van der Waals surface area contributed by atoms with Crippen LogP contribution in [0.1, 0.15) is 28.8 Å². The number of carbonyl (C=O) groups is 2. The van der Waals surface area contributed by atoms with Gasteiger partial charge in [0.15, 0.2) is 11.5 Å². The molecule has 1 aromatic carbocycles. The van der Waals surface area contributed by atoms with Crippen molar-refractivity contribution in [3.05, 3.63) is 47.4 Å². The van der Waals surface area contributed by atoms with E-state index in [2.05, 4.69) is 9.89 Å². The molecule has 2 heterocycles. The standard InChI is InChI=1S/C18H17NO8/c1-11(12-3-5-14-16(7-12)25-10-24-14)19-26-9-17(20)23-8-13-4-6-15(27-13)18(21)22-2/h3-7H,8-10H2,1-2H3/b19-11-. The van der Waals surface area contributed by atoms with Crippen LogP contribution in [-0.2, 0) is 25.7 Å². The van der Waals surface area contributed by atoms with Crippen LogP contribution in [0.25, 0.3) is 0 Å². The lowest BCUT2D eigenvalue weighted by Gasteiger charge is -2.04. The number of oxime groups is 1.